The molecule has 1 aromatic rings. The first-order valence-corrected chi connectivity index (χ1v) is 5.50. The van der Waals surface area contributed by atoms with Crippen LogP contribution in [0.15, 0.2) is 12.3 Å². The van der Waals surface area contributed by atoms with Crippen molar-refractivity contribution in [3.05, 3.63) is 18.0 Å². The van der Waals surface area contributed by atoms with Gasteiger partial charge in [-0.15, -0.1) is 0 Å². The molecule has 0 radical (unpaired) electrons. The van der Waals surface area contributed by atoms with Crippen LogP contribution in [0.1, 0.15) is 18.5 Å². The summed E-state index contributed by atoms with van der Waals surface area (Å²) in [5.41, 5.74) is 1.02. The Labute approximate surface area is 90.7 Å². The van der Waals surface area contributed by atoms with Crippen molar-refractivity contribution in [2.45, 2.75) is 25.8 Å². The summed E-state index contributed by atoms with van der Waals surface area (Å²) in [5, 5.41) is 3.40. The molecule has 0 amide bonds. The second kappa shape index (κ2) is 4.57. The fraction of sp³-hybridized carbons (Fsp3) is 0.636. The molecule has 82 valence electrons. The first kappa shape index (κ1) is 10.4. The number of hydrogen-bond acceptors (Lipinski definition) is 4. The minimum atomic E-state index is 0.528. The smallest absolute Gasteiger partial charge is 0.225 e. The maximum atomic E-state index is 4.44. The van der Waals surface area contributed by atoms with Gasteiger partial charge in [-0.25, -0.2) is 9.97 Å². The average molecular weight is 206 g/mol. The van der Waals surface area contributed by atoms with Crippen LogP contribution in [0.4, 0.5) is 5.95 Å². The summed E-state index contributed by atoms with van der Waals surface area (Å²) in [6.45, 7) is 4.17. The predicted octanol–water partition coefficient (Wildman–Crippen LogP) is 0.973. The van der Waals surface area contributed by atoms with Crippen molar-refractivity contribution < 1.29 is 0 Å². The van der Waals surface area contributed by atoms with Crippen molar-refractivity contribution in [1.82, 2.24) is 15.3 Å². The SMILES string of the molecule is Cc1ccnc(N(C)[C@@H]2CCCNC2)n1. The van der Waals surface area contributed by atoms with Crippen LogP contribution in [0.2, 0.25) is 0 Å². The van der Waals surface area contributed by atoms with Crippen LogP contribution >= 0.6 is 0 Å². The molecule has 1 N–H and O–H groups in total. The Morgan fingerprint density at radius 2 is 2.40 bits per heavy atom. The molecule has 15 heavy (non-hydrogen) atoms. The molecule has 0 aliphatic carbocycles. The highest BCUT2D eigenvalue weighted by Gasteiger charge is 2.19. The number of nitrogens with one attached hydrogen (secondary N) is 1. The van der Waals surface area contributed by atoms with E-state index in [1.54, 1.807) is 0 Å². The lowest BCUT2D eigenvalue weighted by Gasteiger charge is -2.31. The summed E-state index contributed by atoms with van der Waals surface area (Å²) in [5.74, 6) is 0.837. The normalized spacial score (nSPS) is 21.3. The molecular formula is C11H18N4. The highest BCUT2D eigenvalue weighted by atomic mass is 15.3. The maximum Gasteiger partial charge on any atom is 0.225 e. The number of rotatable bonds is 2. The third-order valence-corrected chi connectivity index (χ3v) is 2.92. The molecule has 1 fully saturated rings. The summed E-state index contributed by atoms with van der Waals surface area (Å²) in [4.78, 5) is 10.9. The third kappa shape index (κ3) is 2.45. The maximum absolute atomic E-state index is 4.44. The van der Waals surface area contributed by atoms with E-state index in [2.05, 4.69) is 27.2 Å². The van der Waals surface area contributed by atoms with Gasteiger partial charge in [-0.1, -0.05) is 0 Å². The zero-order valence-electron chi connectivity index (χ0n) is 9.40. The summed E-state index contributed by atoms with van der Waals surface area (Å²) in [7, 11) is 2.08. The summed E-state index contributed by atoms with van der Waals surface area (Å²) in [6.07, 6.45) is 4.28. The topological polar surface area (TPSA) is 41.1 Å². The van der Waals surface area contributed by atoms with E-state index >= 15 is 0 Å². The van der Waals surface area contributed by atoms with Gasteiger partial charge in [0.05, 0.1) is 0 Å². The average Bonchev–Trinajstić information content (AvgIpc) is 2.29. The van der Waals surface area contributed by atoms with E-state index in [-0.39, 0.29) is 0 Å². The first-order valence-electron chi connectivity index (χ1n) is 5.50. The lowest BCUT2D eigenvalue weighted by Crippen LogP contribution is -2.44. The largest absolute Gasteiger partial charge is 0.340 e. The monoisotopic (exact) mass is 206 g/mol. The van der Waals surface area contributed by atoms with Crippen LogP contribution in [0, 0.1) is 6.92 Å². The lowest BCUT2D eigenvalue weighted by atomic mass is 10.1. The van der Waals surface area contributed by atoms with Crippen molar-refractivity contribution in [2.75, 3.05) is 25.0 Å². The molecule has 0 unspecified atom stereocenters. The molecule has 0 bridgehead atoms. The van der Waals surface area contributed by atoms with Crippen LogP contribution in [-0.2, 0) is 0 Å². The van der Waals surface area contributed by atoms with Gasteiger partial charge in [0.2, 0.25) is 5.95 Å². The summed E-state index contributed by atoms with van der Waals surface area (Å²) < 4.78 is 0. The molecule has 1 aliphatic rings. The Balaban J connectivity index is 2.08. The van der Waals surface area contributed by atoms with Crippen LogP contribution in [0.25, 0.3) is 0 Å². The van der Waals surface area contributed by atoms with Gasteiger partial charge in [-0.3, -0.25) is 0 Å². The molecule has 4 heteroatoms. The molecule has 1 atom stereocenters. The van der Waals surface area contributed by atoms with Gasteiger partial charge in [0, 0.05) is 31.5 Å². The molecule has 0 aromatic carbocycles. The van der Waals surface area contributed by atoms with Gasteiger partial charge in [0.25, 0.3) is 0 Å². The highest BCUT2D eigenvalue weighted by Crippen LogP contribution is 2.14. The number of anilines is 1. The Hall–Kier alpha value is -1.16. The minimum Gasteiger partial charge on any atom is -0.340 e. The molecular weight excluding hydrogens is 188 g/mol. The van der Waals surface area contributed by atoms with Crippen LogP contribution in [0.3, 0.4) is 0 Å². The number of nitrogens with zero attached hydrogens (tertiary/aromatic N) is 3. The second-order valence-electron chi connectivity index (χ2n) is 4.11. The molecule has 2 rings (SSSR count). The molecule has 2 heterocycles. The quantitative estimate of drug-likeness (QED) is 0.783. The Morgan fingerprint density at radius 1 is 1.53 bits per heavy atom. The molecule has 0 saturated carbocycles. The zero-order chi connectivity index (χ0) is 10.7. The van der Waals surface area contributed by atoms with E-state index in [4.69, 9.17) is 0 Å². The standard InChI is InChI=1S/C11H18N4/c1-9-5-7-13-11(14-9)15(2)10-4-3-6-12-8-10/h5,7,10,12H,3-4,6,8H2,1-2H3/t10-/m1/s1. The van der Waals surface area contributed by atoms with Crippen molar-refractivity contribution in [2.24, 2.45) is 0 Å². The number of likely N-dealkylation sites (N-methyl/N-ethyl adjacent to an activating group) is 1. The summed E-state index contributed by atoms with van der Waals surface area (Å²) >= 11 is 0. The molecule has 0 spiro atoms. The van der Waals surface area contributed by atoms with Crippen molar-refractivity contribution >= 4 is 5.95 Å². The third-order valence-electron chi connectivity index (χ3n) is 2.92. The lowest BCUT2D eigenvalue weighted by molar-refractivity contribution is 0.441. The Morgan fingerprint density at radius 3 is 3.07 bits per heavy atom. The van der Waals surface area contributed by atoms with Crippen LogP contribution in [0.5, 0.6) is 0 Å². The van der Waals surface area contributed by atoms with E-state index in [0.717, 1.165) is 24.7 Å². The van der Waals surface area contributed by atoms with Gasteiger partial charge in [-0.05, 0) is 32.4 Å². The first-order chi connectivity index (χ1) is 7.27. The van der Waals surface area contributed by atoms with Crippen molar-refractivity contribution in [1.29, 1.82) is 0 Å². The Bertz CT molecular complexity index is 320. The zero-order valence-corrected chi connectivity index (χ0v) is 9.40. The van der Waals surface area contributed by atoms with E-state index in [1.165, 1.54) is 12.8 Å². The van der Waals surface area contributed by atoms with E-state index in [1.807, 2.05) is 19.2 Å². The molecule has 1 aliphatic heterocycles. The van der Waals surface area contributed by atoms with E-state index in [0.29, 0.717) is 6.04 Å². The fourth-order valence-electron chi connectivity index (χ4n) is 1.93. The van der Waals surface area contributed by atoms with Gasteiger partial charge >= 0.3 is 0 Å². The number of aryl methyl sites for hydroxylation is 1. The number of piperidine rings is 1. The number of aromatic nitrogens is 2. The van der Waals surface area contributed by atoms with Crippen LogP contribution < -0.4 is 10.2 Å². The van der Waals surface area contributed by atoms with Crippen LogP contribution in [-0.4, -0.2) is 36.1 Å². The molecule has 1 aromatic heterocycles. The van der Waals surface area contributed by atoms with Gasteiger partial charge < -0.3 is 10.2 Å². The number of hydrogen-bond donors (Lipinski definition) is 1. The van der Waals surface area contributed by atoms with Gasteiger partial charge in [-0.2, -0.15) is 0 Å². The minimum absolute atomic E-state index is 0.528. The highest BCUT2D eigenvalue weighted by molar-refractivity contribution is 5.30. The molecule has 1 saturated heterocycles. The summed E-state index contributed by atoms with van der Waals surface area (Å²) in [6, 6.07) is 2.46. The van der Waals surface area contributed by atoms with E-state index in [9.17, 15) is 0 Å². The Kier molecular flexibility index (Phi) is 3.16. The van der Waals surface area contributed by atoms with Gasteiger partial charge in [0.1, 0.15) is 0 Å². The van der Waals surface area contributed by atoms with Gasteiger partial charge in [0.15, 0.2) is 0 Å². The predicted molar refractivity (Wildman–Crippen MR) is 61.1 cm³/mol. The molecule has 4 nitrogen and oxygen atoms in total. The fourth-order valence-corrected chi connectivity index (χ4v) is 1.93. The van der Waals surface area contributed by atoms with Crippen molar-refractivity contribution in [3.63, 3.8) is 0 Å². The van der Waals surface area contributed by atoms with Crippen molar-refractivity contribution in [3.8, 4) is 0 Å². The second-order valence-corrected chi connectivity index (χ2v) is 4.11. The van der Waals surface area contributed by atoms with E-state index < -0.39 is 0 Å².